The molecule has 3 N–H and O–H groups in total. The molecular weight excluding hydrogens is 488 g/mol. The summed E-state index contributed by atoms with van der Waals surface area (Å²) in [4.78, 5) is 41.3. The van der Waals surface area contributed by atoms with Gasteiger partial charge < -0.3 is 20.9 Å². The number of aryl methyl sites for hydroxylation is 1. The van der Waals surface area contributed by atoms with Gasteiger partial charge in [0.2, 0.25) is 12.3 Å². The highest BCUT2D eigenvalue weighted by Crippen LogP contribution is 2.59. The van der Waals surface area contributed by atoms with Crippen molar-refractivity contribution in [2.75, 3.05) is 5.32 Å². The Labute approximate surface area is 231 Å². The van der Waals surface area contributed by atoms with E-state index in [1.807, 2.05) is 49.4 Å². The monoisotopic (exact) mass is 528 g/mol. The first-order chi connectivity index (χ1) is 18.9. The zero-order chi connectivity index (χ0) is 27.0. The molecule has 206 valence electrons. The Balaban J connectivity index is 1.21. The van der Waals surface area contributed by atoms with E-state index in [4.69, 9.17) is 0 Å². The molecule has 1 aliphatic heterocycles. The van der Waals surface area contributed by atoms with Gasteiger partial charge in [-0.3, -0.25) is 9.59 Å². The second kappa shape index (κ2) is 10.7. The zero-order valence-corrected chi connectivity index (χ0v) is 22.8. The fourth-order valence-corrected chi connectivity index (χ4v) is 8.46. The number of nitrogens with zero attached hydrogens (tertiary/aromatic N) is 1. The molecule has 1 heterocycles. The Kier molecular flexibility index (Phi) is 7.08. The number of nitrogens with one attached hydrogen (secondary N) is 3. The molecule has 4 amide bonds. The lowest BCUT2D eigenvalue weighted by molar-refractivity contribution is -0.147. The first-order valence-electron chi connectivity index (χ1n) is 14.7. The topological polar surface area (TPSA) is 90.5 Å². The van der Waals surface area contributed by atoms with E-state index >= 15 is 0 Å². The van der Waals surface area contributed by atoms with Gasteiger partial charge in [-0.2, -0.15) is 0 Å². The lowest BCUT2D eigenvalue weighted by atomic mass is 9.52. The maximum Gasteiger partial charge on any atom is 0.319 e. The average Bonchev–Trinajstić information content (AvgIpc) is 3.09. The molecule has 39 heavy (non-hydrogen) atoms. The fourth-order valence-electron chi connectivity index (χ4n) is 8.46. The van der Waals surface area contributed by atoms with E-state index in [9.17, 15) is 14.4 Å². The van der Waals surface area contributed by atoms with Crippen LogP contribution in [0.1, 0.15) is 75.0 Å². The highest BCUT2D eigenvalue weighted by Gasteiger charge is 2.55. The van der Waals surface area contributed by atoms with Crippen LogP contribution in [0, 0.1) is 24.7 Å². The zero-order valence-electron chi connectivity index (χ0n) is 22.8. The Morgan fingerprint density at radius 3 is 2.23 bits per heavy atom. The summed E-state index contributed by atoms with van der Waals surface area (Å²) in [6.07, 6.45) is 10.3. The van der Waals surface area contributed by atoms with Gasteiger partial charge in [-0.05, 0) is 100 Å². The summed E-state index contributed by atoms with van der Waals surface area (Å²) >= 11 is 0. The number of rotatable bonds is 7. The minimum Gasteiger partial charge on any atom is -0.349 e. The molecule has 4 saturated carbocycles. The van der Waals surface area contributed by atoms with E-state index < -0.39 is 6.04 Å². The third kappa shape index (κ3) is 5.28. The standard InChI is InChI=1S/C32H40N4O3/c1-21-10-12-26(13-11-21)33-31(39)35-28-9-5-8-27(34-30(28)38)29(25-6-3-2-4-7-25)36(20-37)32-17-22-14-23(18-32)16-24(15-22)19-32/h2-4,6-7,10-13,20,22-24,27-29H,5,8-9,14-19H2,1H3,(H,34,38)(H2,33,35,39). The second-order valence-corrected chi connectivity index (χ2v) is 12.6. The van der Waals surface area contributed by atoms with E-state index in [1.54, 1.807) is 0 Å². The van der Waals surface area contributed by atoms with Crippen molar-refractivity contribution in [3.63, 3.8) is 0 Å². The van der Waals surface area contributed by atoms with Gasteiger partial charge >= 0.3 is 6.03 Å². The summed E-state index contributed by atoms with van der Waals surface area (Å²) in [6.45, 7) is 1.99. The molecule has 4 bridgehead atoms. The van der Waals surface area contributed by atoms with Crippen LogP contribution in [-0.2, 0) is 9.59 Å². The van der Waals surface area contributed by atoms with Gasteiger partial charge in [0.05, 0.1) is 12.1 Å². The van der Waals surface area contributed by atoms with Crippen LogP contribution in [0.2, 0.25) is 0 Å². The van der Waals surface area contributed by atoms with Crippen LogP contribution in [0.15, 0.2) is 54.6 Å². The number of benzene rings is 2. The normalized spacial score (nSPS) is 32.0. The summed E-state index contributed by atoms with van der Waals surface area (Å²) in [7, 11) is 0. The number of urea groups is 1. The molecule has 5 aliphatic rings. The molecule has 0 radical (unpaired) electrons. The van der Waals surface area contributed by atoms with Gasteiger partial charge in [0.1, 0.15) is 6.04 Å². The summed E-state index contributed by atoms with van der Waals surface area (Å²) in [6, 6.07) is 16.3. The van der Waals surface area contributed by atoms with E-state index in [0.29, 0.717) is 29.9 Å². The van der Waals surface area contributed by atoms with Crippen molar-refractivity contribution in [1.29, 1.82) is 0 Å². The molecule has 7 heteroatoms. The number of carbonyl (C=O) groups is 3. The number of hydrogen-bond acceptors (Lipinski definition) is 3. The fraction of sp³-hybridized carbons (Fsp3) is 0.531. The molecule has 3 unspecified atom stereocenters. The molecule has 1 saturated heterocycles. The minimum absolute atomic E-state index is 0.125. The van der Waals surface area contributed by atoms with Crippen LogP contribution >= 0.6 is 0 Å². The third-order valence-corrected chi connectivity index (χ3v) is 9.76. The van der Waals surface area contributed by atoms with Crippen molar-refractivity contribution in [3.8, 4) is 0 Å². The highest BCUT2D eigenvalue weighted by molar-refractivity contribution is 5.93. The molecular formula is C32H40N4O3. The molecule has 0 aromatic heterocycles. The second-order valence-electron chi connectivity index (χ2n) is 12.6. The van der Waals surface area contributed by atoms with Gasteiger partial charge in [0.15, 0.2) is 0 Å². The van der Waals surface area contributed by atoms with E-state index in [-0.39, 0.29) is 29.6 Å². The lowest BCUT2D eigenvalue weighted by Gasteiger charge is -2.61. The number of carbonyl (C=O) groups excluding carboxylic acids is 3. The predicted molar refractivity (Wildman–Crippen MR) is 151 cm³/mol. The van der Waals surface area contributed by atoms with Crippen molar-refractivity contribution in [2.24, 2.45) is 17.8 Å². The summed E-state index contributed by atoms with van der Waals surface area (Å²) in [5.74, 6) is 1.94. The van der Waals surface area contributed by atoms with Crippen LogP contribution in [0.4, 0.5) is 10.5 Å². The molecule has 3 atom stereocenters. The molecule has 4 aliphatic carbocycles. The van der Waals surface area contributed by atoms with Crippen molar-refractivity contribution in [2.45, 2.75) is 88.4 Å². The Bertz CT molecular complexity index is 1160. The van der Waals surface area contributed by atoms with Crippen molar-refractivity contribution in [3.05, 3.63) is 65.7 Å². The Morgan fingerprint density at radius 1 is 0.974 bits per heavy atom. The van der Waals surface area contributed by atoms with Gasteiger partial charge in [-0.1, -0.05) is 48.0 Å². The molecule has 2 aromatic rings. The van der Waals surface area contributed by atoms with Crippen LogP contribution in [0.3, 0.4) is 0 Å². The number of anilines is 1. The van der Waals surface area contributed by atoms with E-state index in [2.05, 4.69) is 33.0 Å². The number of amides is 4. The quantitative estimate of drug-likeness (QED) is 0.425. The van der Waals surface area contributed by atoms with Gasteiger partial charge in [-0.25, -0.2) is 4.79 Å². The summed E-state index contributed by atoms with van der Waals surface area (Å²) < 4.78 is 0. The van der Waals surface area contributed by atoms with Gasteiger partial charge in [0.25, 0.3) is 0 Å². The van der Waals surface area contributed by atoms with Crippen molar-refractivity contribution >= 4 is 24.0 Å². The SMILES string of the molecule is Cc1ccc(NC(=O)NC2CCCC(C(c3ccccc3)N(C=O)C34CC5CC(CC(C5)C3)C4)NC2=O)cc1. The first kappa shape index (κ1) is 25.9. The smallest absolute Gasteiger partial charge is 0.319 e. The van der Waals surface area contributed by atoms with E-state index in [1.165, 1.54) is 19.3 Å². The number of hydrogen-bond donors (Lipinski definition) is 3. The summed E-state index contributed by atoms with van der Waals surface area (Å²) in [5, 5.41) is 8.98. The van der Waals surface area contributed by atoms with Gasteiger partial charge in [-0.15, -0.1) is 0 Å². The average molecular weight is 529 g/mol. The van der Waals surface area contributed by atoms with Gasteiger partial charge in [0, 0.05) is 11.2 Å². The Morgan fingerprint density at radius 2 is 1.62 bits per heavy atom. The Hall–Kier alpha value is -3.35. The largest absolute Gasteiger partial charge is 0.349 e. The van der Waals surface area contributed by atoms with Crippen molar-refractivity contribution in [1.82, 2.24) is 15.5 Å². The van der Waals surface area contributed by atoms with Crippen molar-refractivity contribution < 1.29 is 14.4 Å². The van der Waals surface area contributed by atoms with Crippen LogP contribution in [-0.4, -0.2) is 40.9 Å². The van der Waals surface area contributed by atoms with E-state index in [0.717, 1.165) is 49.6 Å². The molecule has 5 fully saturated rings. The lowest BCUT2D eigenvalue weighted by Crippen LogP contribution is -2.63. The molecule has 0 spiro atoms. The highest BCUT2D eigenvalue weighted by atomic mass is 16.2. The minimum atomic E-state index is -0.624. The molecule has 2 aromatic carbocycles. The molecule has 7 nitrogen and oxygen atoms in total. The van der Waals surface area contributed by atoms with Crippen LogP contribution in [0.25, 0.3) is 0 Å². The maximum absolute atomic E-state index is 13.5. The predicted octanol–water partition coefficient (Wildman–Crippen LogP) is 5.32. The maximum atomic E-state index is 13.5. The third-order valence-electron chi connectivity index (χ3n) is 9.76. The first-order valence-corrected chi connectivity index (χ1v) is 14.7. The van der Waals surface area contributed by atoms with Crippen LogP contribution in [0.5, 0.6) is 0 Å². The van der Waals surface area contributed by atoms with Crippen LogP contribution < -0.4 is 16.0 Å². The summed E-state index contributed by atoms with van der Waals surface area (Å²) in [5.41, 5.74) is 2.74. The molecule has 7 rings (SSSR count).